The van der Waals surface area contributed by atoms with Crippen LogP contribution in [0.1, 0.15) is 19.3 Å². The Morgan fingerprint density at radius 3 is 2.79 bits per heavy atom. The first-order chi connectivity index (χ1) is 8.83. The van der Waals surface area contributed by atoms with Crippen molar-refractivity contribution in [1.29, 1.82) is 0 Å². The van der Waals surface area contributed by atoms with Gasteiger partial charge in [-0.3, -0.25) is 9.69 Å². The summed E-state index contributed by atoms with van der Waals surface area (Å²) in [6.07, 6.45) is -1.81. The number of carboxylic acid groups (broad SMARTS) is 1. The van der Waals surface area contributed by atoms with Crippen molar-refractivity contribution < 1.29 is 27.8 Å². The summed E-state index contributed by atoms with van der Waals surface area (Å²) < 4.78 is 40.2. The van der Waals surface area contributed by atoms with Gasteiger partial charge in [0.15, 0.2) is 0 Å². The summed E-state index contributed by atoms with van der Waals surface area (Å²) in [5.41, 5.74) is -0.677. The number of aliphatic carboxylic acids is 1. The summed E-state index contributed by atoms with van der Waals surface area (Å²) in [6.45, 7) is 0.196. The van der Waals surface area contributed by atoms with E-state index in [4.69, 9.17) is 0 Å². The van der Waals surface area contributed by atoms with Crippen LogP contribution in [0.2, 0.25) is 0 Å². The Hall–Kier alpha value is -0.820. The number of rotatable bonds is 5. The second-order valence-electron chi connectivity index (χ2n) is 5.45. The Bertz CT molecular complexity index is 348. The molecule has 0 aromatic heterocycles. The number of hydrogen-bond acceptors (Lipinski definition) is 3. The summed E-state index contributed by atoms with van der Waals surface area (Å²) in [6, 6.07) is 0. The van der Waals surface area contributed by atoms with Crippen LogP contribution < -0.4 is 0 Å². The van der Waals surface area contributed by atoms with Gasteiger partial charge < -0.3 is 9.84 Å². The largest absolute Gasteiger partial charge is 0.481 e. The molecule has 0 aromatic carbocycles. The fourth-order valence-electron chi connectivity index (χ4n) is 3.29. The lowest BCUT2D eigenvalue weighted by Crippen LogP contribution is -2.36. The molecule has 2 aliphatic rings. The average Bonchev–Trinajstić information content (AvgIpc) is 2.79. The van der Waals surface area contributed by atoms with Crippen LogP contribution in [0, 0.1) is 11.3 Å². The predicted octanol–water partition coefficient (Wildman–Crippen LogP) is 1.75. The molecule has 7 heteroatoms. The van der Waals surface area contributed by atoms with Gasteiger partial charge >= 0.3 is 12.1 Å². The normalized spacial score (nSPS) is 31.6. The van der Waals surface area contributed by atoms with Gasteiger partial charge in [0.2, 0.25) is 0 Å². The molecule has 2 rings (SSSR count). The minimum absolute atomic E-state index is 0.0120. The average molecular weight is 281 g/mol. The molecule has 1 aliphatic heterocycles. The van der Waals surface area contributed by atoms with Crippen molar-refractivity contribution in [2.45, 2.75) is 25.4 Å². The maximum absolute atomic E-state index is 11.9. The zero-order valence-corrected chi connectivity index (χ0v) is 10.6. The fourth-order valence-corrected chi connectivity index (χ4v) is 3.29. The standard InChI is InChI=1S/C12H18F3NO3/c13-12(14,15)8-19-5-4-16-6-9-2-1-3-11(9,7-16)10(17)18/h9H,1-8H2,(H,17,18)/t9-,11+/m0/s1. The number of fused-ring (bicyclic) bond motifs is 1. The molecule has 0 radical (unpaired) electrons. The quantitative estimate of drug-likeness (QED) is 0.780. The molecule has 1 heterocycles. The van der Waals surface area contributed by atoms with Gasteiger partial charge in [0.1, 0.15) is 6.61 Å². The highest BCUT2D eigenvalue weighted by atomic mass is 19.4. The minimum Gasteiger partial charge on any atom is -0.481 e. The number of carbonyl (C=O) groups is 1. The Labute approximate surface area is 109 Å². The van der Waals surface area contributed by atoms with Gasteiger partial charge in [-0.1, -0.05) is 6.42 Å². The third kappa shape index (κ3) is 3.20. The molecule has 0 aromatic rings. The first-order valence-electron chi connectivity index (χ1n) is 6.44. The molecule has 19 heavy (non-hydrogen) atoms. The molecule has 0 spiro atoms. The van der Waals surface area contributed by atoms with Gasteiger partial charge in [0.05, 0.1) is 12.0 Å². The predicted molar refractivity (Wildman–Crippen MR) is 60.7 cm³/mol. The molecule has 1 saturated heterocycles. The molecular weight excluding hydrogens is 263 g/mol. The van der Waals surface area contributed by atoms with Crippen LogP contribution in [0.3, 0.4) is 0 Å². The molecule has 1 saturated carbocycles. The summed E-state index contributed by atoms with van der Waals surface area (Å²) >= 11 is 0. The van der Waals surface area contributed by atoms with E-state index in [0.717, 1.165) is 12.8 Å². The number of ether oxygens (including phenoxy) is 1. The Morgan fingerprint density at radius 1 is 1.47 bits per heavy atom. The van der Waals surface area contributed by atoms with Crippen molar-refractivity contribution >= 4 is 5.97 Å². The Kier molecular flexibility index (Phi) is 4.06. The number of likely N-dealkylation sites (tertiary alicyclic amines) is 1. The first kappa shape index (κ1) is 14.6. The molecule has 0 amide bonds. The summed E-state index contributed by atoms with van der Waals surface area (Å²) in [5, 5.41) is 9.36. The second kappa shape index (κ2) is 5.28. The zero-order valence-electron chi connectivity index (χ0n) is 10.6. The van der Waals surface area contributed by atoms with E-state index in [9.17, 15) is 23.1 Å². The van der Waals surface area contributed by atoms with Gasteiger partial charge in [-0.15, -0.1) is 0 Å². The van der Waals surface area contributed by atoms with Crippen molar-refractivity contribution in [2.24, 2.45) is 11.3 Å². The fraction of sp³-hybridized carbons (Fsp3) is 0.917. The smallest absolute Gasteiger partial charge is 0.411 e. The third-order valence-corrected chi connectivity index (χ3v) is 4.18. The highest BCUT2D eigenvalue weighted by Crippen LogP contribution is 2.48. The summed E-state index contributed by atoms with van der Waals surface area (Å²) in [5.74, 6) is -0.638. The summed E-state index contributed by atoms with van der Waals surface area (Å²) in [7, 11) is 0. The van der Waals surface area contributed by atoms with Crippen molar-refractivity contribution in [3.05, 3.63) is 0 Å². The second-order valence-corrected chi connectivity index (χ2v) is 5.45. The monoisotopic (exact) mass is 281 g/mol. The third-order valence-electron chi connectivity index (χ3n) is 4.18. The van der Waals surface area contributed by atoms with Gasteiger partial charge in [-0.25, -0.2) is 0 Å². The maximum atomic E-state index is 11.9. The molecule has 110 valence electrons. The first-order valence-corrected chi connectivity index (χ1v) is 6.44. The molecule has 2 fully saturated rings. The topological polar surface area (TPSA) is 49.8 Å². The van der Waals surface area contributed by atoms with E-state index in [1.807, 2.05) is 4.90 Å². The van der Waals surface area contributed by atoms with E-state index in [0.29, 0.717) is 26.1 Å². The lowest BCUT2D eigenvalue weighted by Gasteiger charge is -2.23. The lowest BCUT2D eigenvalue weighted by atomic mass is 9.81. The minimum atomic E-state index is -4.30. The van der Waals surface area contributed by atoms with E-state index in [1.54, 1.807) is 0 Å². The molecule has 0 unspecified atom stereocenters. The zero-order chi connectivity index (χ0) is 14.1. The van der Waals surface area contributed by atoms with Crippen LogP contribution >= 0.6 is 0 Å². The van der Waals surface area contributed by atoms with Crippen LogP contribution in [0.25, 0.3) is 0 Å². The maximum Gasteiger partial charge on any atom is 0.411 e. The van der Waals surface area contributed by atoms with Crippen LogP contribution in [0.4, 0.5) is 13.2 Å². The number of halogens is 3. The van der Waals surface area contributed by atoms with E-state index < -0.39 is 24.2 Å². The summed E-state index contributed by atoms with van der Waals surface area (Å²) in [4.78, 5) is 13.3. The van der Waals surface area contributed by atoms with E-state index in [1.165, 1.54) is 0 Å². The van der Waals surface area contributed by atoms with Crippen molar-refractivity contribution in [2.75, 3.05) is 32.8 Å². The van der Waals surface area contributed by atoms with Crippen LogP contribution in [0.15, 0.2) is 0 Å². The van der Waals surface area contributed by atoms with Crippen molar-refractivity contribution in [3.8, 4) is 0 Å². The van der Waals surface area contributed by atoms with Crippen LogP contribution in [-0.2, 0) is 9.53 Å². The molecule has 1 N–H and O–H groups in total. The van der Waals surface area contributed by atoms with E-state index in [-0.39, 0.29) is 12.5 Å². The number of nitrogens with zero attached hydrogens (tertiary/aromatic N) is 1. The number of carboxylic acids is 1. The van der Waals surface area contributed by atoms with E-state index >= 15 is 0 Å². The van der Waals surface area contributed by atoms with Crippen LogP contribution in [0.5, 0.6) is 0 Å². The lowest BCUT2D eigenvalue weighted by molar-refractivity contribution is -0.174. The Balaban J connectivity index is 1.78. The molecule has 1 aliphatic carbocycles. The molecular formula is C12H18F3NO3. The van der Waals surface area contributed by atoms with Gasteiger partial charge in [-0.2, -0.15) is 13.2 Å². The molecule has 4 nitrogen and oxygen atoms in total. The van der Waals surface area contributed by atoms with E-state index in [2.05, 4.69) is 4.74 Å². The number of alkyl halides is 3. The van der Waals surface area contributed by atoms with Crippen LogP contribution in [-0.4, -0.2) is 55.0 Å². The molecule has 2 atom stereocenters. The van der Waals surface area contributed by atoms with Crippen molar-refractivity contribution in [1.82, 2.24) is 4.90 Å². The SMILES string of the molecule is O=C(O)[C@@]12CCC[C@H]1CN(CCOCC(F)(F)F)C2. The highest BCUT2D eigenvalue weighted by Gasteiger charge is 2.54. The van der Waals surface area contributed by atoms with Gasteiger partial charge in [-0.05, 0) is 18.8 Å². The van der Waals surface area contributed by atoms with Crippen molar-refractivity contribution in [3.63, 3.8) is 0 Å². The molecule has 0 bridgehead atoms. The Morgan fingerprint density at radius 2 is 2.21 bits per heavy atom. The number of hydrogen-bond donors (Lipinski definition) is 1. The highest BCUT2D eigenvalue weighted by molar-refractivity contribution is 5.76. The van der Waals surface area contributed by atoms with Gasteiger partial charge in [0, 0.05) is 19.6 Å². The van der Waals surface area contributed by atoms with Gasteiger partial charge in [0.25, 0.3) is 0 Å².